The van der Waals surface area contributed by atoms with Gasteiger partial charge in [0.05, 0.1) is 6.61 Å². The van der Waals surface area contributed by atoms with Crippen LogP contribution in [-0.4, -0.2) is 60.4 Å². The van der Waals surface area contributed by atoms with Gasteiger partial charge < -0.3 is 4.74 Å². The molecule has 7 heteroatoms. The molecule has 29 heavy (non-hydrogen) atoms. The van der Waals surface area contributed by atoms with E-state index in [1.165, 1.54) is 32.1 Å². The number of ether oxygens (including phenoxy) is 1. The van der Waals surface area contributed by atoms with Crippen LogP contribution in [0.1, 0.15) is 110 Å². The number of rotatable bonds is 19. The van der Waals surface area contributed by atoms with Crippen LogP contribution in [0.3, 0.4) is 0 Å². The zero-order chi connectivity index (χ0) is 21.1. The third-order valence-electron chi connectivity index (χ3n) is 4.84. The summed E-state index contributed by atoms with van der Waals surface area (Å²) < 4.78 is 37.6. The van der Waals surface area contributed by atoms with Crippen LogP contribution < -0.4 is 0 Å². The molecule has 0 aromatic heterocycles. The minimum Gasteiger partial charge on any atom is -0.466 e. The number of carbonyl (C=O) groups is 1. The first-order valence-electron chi connectivity index (χ1n) is 11.2. The molecule has 1 radical (unpaired) electrons. The van der Waals surface area contributed by atoms with Gasteiger partial charge in [0.2, 0.25) is 0 Å². The average molecular weight is 442 g/mol. The number of unbranched alkanes of at least 4 members (excludes halogenated alkanes) is 10. The predicted molar refractivity (Wildman–Crippen MR) is 122 cm³/mol. The van der Waals surface area contributed by atoms with Crippen LogP contribution in [0.15, 0.2) is 12.2 Å². The van der Waals surface area contributed by atoms with Crippen LogP contribution in [0.2, 0.25) is 0 Å². The summed E-state index contributed by atoms with van der Waals surface area (Å²) in [6.07, 6.45) is 17.6. The van der Waals surface area contributed by atoms with E-state index in [9.17, 15) is 17.8 Å². The normalized spacial score (nSPS) is 12.7. The molecule has 0 spiro atoms. The molecule has 0 rings (SSSR count). The maximum atomic E-state index is 11.5. The first-order valence-corrected chi connectivity index (χ1v) is 12.7. The fourth-order valence-electron chi connectivity index (χ4n) is 3.01. The quantitative estimate of drug-likeness (QED) is 0.0893. The third kappa shape index (κ3) is 21.1. The number of esters is 1. The van der Waals surface area contributed by atoms with Crippen molar-refractivity contribution in [1.82, 2.24) is 0 Å². The SMILES string of the molecule is CCCCCCCC/C=C\C(CCCCCCC(=O)OCCCC)S(=O)(=O)O.[Na]. The van der Waals surface area contributed by atoms with Gasteiger partial charge in [0.25, 0.3) is 10.1 Å². The number of allylic oxidation sites excluding steroid dienone is 1. The molecule has 0 saturated heterocycles. The molecule has 0 aliphatic carbocycles. The van der Waals surface area contributed by atoms with Crippen LogP contribution in [0.5, 0.6) is 0 Å². The van der Waals surface area contributed by atoms with Crippen molar-refractivity contribution in [3.63, 3.8) is 0 Å². The predicted octanol–water partition coefficient (Wildman–Crippen LogP) is 5.85. The van der Waals surface area contributed by atoms with Gasteiger partial charge in [-0.25, -0.2) is 0 Å². The second-order valence-electron chi connectivity index (χ2n) is 7.56. The summed E-state index contributed by atoms with van der Waals surface area (Å²) in [6.45, 7) is 4.74. The Labute approximate surface area is 201 Å². The fourth-order valence-corrected chi connectivity index (χ4v) is 3.78. The molecule has 1 N–H and O–H groups in total. The largest absolute Gasteiger partial charge is 0.466 e. The second-order valence-corrected chi connectivity index (χ2v) is 9.20. The summed E-state index contributed by atoms with van der Waals surface area (Å²) in [5, 5.41) is -0.813. The first-order chi connectivity index (χ1) is 13.4. The standard InChI is InChI=1S/C22H42O5S.Na/c1-3-5-7-8-9-10-11-14-17-21(28(24,25)26)18-15-12-13-16-19-22(23)27-20-6-4-2;/h14,17,21H,3-13,15-16,18-20H2,1-2H3,(H,24,25,26);/b17-14-;. The van der Waals surface area contributed by atoms with Gasteiger partial charge in [-0.3, -0.25) is 9.35 Å². The summed E-state index contributed by atoms with van der Waals surface area (Å²) in [5.74, 6) is -0.151. The van der Waals surface area contributed by atoms with E-state index in [0.29, 0.717) is 19.4 Å². The molecule has 0 amide bonds. The van der Waals surface area contributed by atoms with E-state index in [1.54, 1.807) is 6.08 Å². The Kier molecular flexibility index (Phi) is 23.1. The van der Waals surface area contributed by atoms with Crippen molar-refractivity contribution in [3.05, 3.63) is 12.2 Å². The van der Waals surface area contributed by atoms with Crippen LogP contribution in [0, 0.1) is 0 Å². The van der Waals surface area contributed by atoms with E-state index in [1.807, 2.05) is 6.08 Å². The molecule has 0 aromatic rings. The molecular weight excluding hydrogens is 399 g/mol. The Balaban J connectivity index is 0. The molecule has 1 unspecified atom stereocenters. The Morgan fingerprint density at radius 3 is 2.14 bits per heavy atom. The van der Waals surface area contributed by atoms with Crippen molar-refractivity contribution in [3.8, 4) is 0 Å². The van der Waals surface area contributed by atoms with Crippen molar-refractivity contribution < 1.29 is 22.5 Å². The molecule has 0 aromatic carbocycles. The van der Waals surface area contributed by atoms with Gasteiger partial charge in [-0.15, -0.1) is 0 Å². The molecule has 0 aliphatic rings. The third-order valence-corrected chi connectivity index (χ3v) is 6.00. The number of carbonyl (C=O) groups excluding carboxylic acids is 1. The molecule has 167 valence electrons. The smallest absolute Gasteiger partial charge is 0.305 e. The molecule has 0 bridgehead atoms. The van der Waals surface area contributed by atoms with E-state index in [2.05, 4.69) is 13.8 Å². The Morgan fingerprint density at radius 1 is 0.897 bits per heavy atom. The maximum absolute atomic E-state index is 11.5. The fraction of sp³-hybridized carbons (Fsp3) is 0.864. The van der Waals surface area contributed by atoms with Crippen LogP contribution >= 0.6 is 0 Å². The Morgan fingerprint density at radius 2 is 1.48 bits per heavy atom. The van der Waals surface area contributed by atoms with Crippen LogP contribution in [-0.2, 0) is 19.6 Å². The molecule has 0 heterocycles. The van der Waals surface area contributed by atoms with Gasteiger partial charge >= 0.3 is 5.97 Å². The minimum absolute atomic E-state index is 0. The summed E-state index contributed by atoms with van der Waals surface area (Å²) in [5.41, 5.74) is 0. The van der Waals surface area contributed by atoms with Gasteiger partial charge in [0.15, 0.2) is 0 Å². The molecule has 1 atom stereocenters. The van der Waals surface area contributed by atoms with E-state index in [0.717, 1.165) is 51.4 Å². The van der Waals surface area contributed by atoms with Gasteiger partial charge in [0.1, 0.15) is 5.25 Å². The summed E-state index contributed by atoms with van der Waals surface area (Å²) in [6, 6.07) is 0. The molecule has 5 nitrogen and oxygen atoms in total. The summed E-state index contributed by atoms with van der Waals surface area (Å²) in [7, 11) is -4.05. The van der Waals surface area contributed by atoms with E-state index < -0.39 is 15.4 Å². The zero-order valence-electron chi connectivity index (χ0n) is 19.0. The first kappa shape index (κ1) is 31.3. The Bertz CT molecular complexity index is 505. The van der Waals surface area contributed by atoms with Crippen LogP contribution in [0.4, 0.5) is 0 Å². The Hall–Kier alpha value is 0.120. The number of hydrogen-bond donors (Lipinski definition) is 1. The monoisotopic (exact) mass is 441 g/mol. The zero-order valence-corrected chi connectivity index (χ0v) is 21.9. The molecular formula is C22H42NaO5S. The maximum Gasteiger partial charge on any atom is 0.305 e. The van der Waals surface area contributed by atoms with Crippen molar-refractivity contribution in [2.75, 3.05) is 6.61 Å². The van der Waals surface area contributed by atoms with Gasteiger partial charge in [-0.05, 0) is 32.1 Å². The van der Waals surface area contributed by atoms with Gasteiger partial charge in [0, 0.05) is 36.0 Å². The van der Waals surface area contributed by atoms with Crippen LogP contribution in [0.25, 0.3) is 0 Å². The van der Waals surface area contributed by atoms with Crippen molar-refractivity contribution in [2.24, 2.45) is 0 Å². The summed E-state index contributed by atoms with van der Waals surface area (Å²) in [4.78, 5) is 11.5. The van der Waals surface area contributed by atoms with E-state index in [4.69, 9.17) is 4.74 Å². The molecule has 0 aliphatic heterocycles. The van der Waals surface area contributed by atoms with Crippen molar-refractivity contribution in [1.29, 1.82) is 0 Å². The number of hydrogen-bond acceptors (Lipinski definition) is 4. The van der Waals surface area contributed by atoms with Crippen molar-refractivity contribution >= 4 is 45.6 Å². The summed E-state index contributed by atoms with van der Waals surface area (Å²) >= 11 is 0. The molecule has 0 saturated carbocycles. The van der Waals surface area contributed by atoms with E-state index in [-0.39, 0.29) is 35.5 Å². The van der Waals surface area contributed by atoms with Crippen molar-refractivity contribution in [2.45, 2.75) is 115 Å². The molecule has 0 fully saturated rings. The van der Waals surface area contributed by atoms with E-state index >= 15 is 0 Å². The van der Waals surface area contributed by atoms with Gasteiger partial charge in [-0.2, -0.15) is 8.42 Å². The topological polar surface area (TPSA) is 80.7 Å². The van der Waals surface area contributed by atoms with Gasteiger partial charge in [-0.1, -0.05) is 83.8 Å². The average Bonchev–Trinajstić information content (AvgIpc) is 2.64. The minimum atomic E-state index is -4.05. The second kappa shape index (κ2) is 21.4.